The van der Waals surface area contributed by atoms with E-state index in [2.05, 4.69) is 9.88 Å². The van der Waals surface area contributed by atoms with Gasteiger partial charge in [-0.25, -0.2) is 0 Å². The van der Waals surface area contributed by atoms with Crippen molar-refractivity contribution in [1.82, 2.24) is 14.8 Å². The summed E-state index contributed by atoms with van der Waals surface area (Å²) >= 11 is 0. The van der Waals surface area contributed by atoms with Crippen molar-refractivity contribution in [3.05, 3.63) is 46.2 Å². The standard InChI is InChI=1S/C18H23N3O3/c1-20(2)18(24)8-13-10-21(11-16(13)22)9-12-7-17(23)19-15-6-4-3-5-14(12)15/h3-7,13,16,22H,8-11H2,1-2H3,(H,19,23)/t13-,16-/m1/s1. The van der Waals surface area contributed by atoms with Gasteiger partial charge in [-0.05, 0) is 11.6 Å². The van der Waals surface area contributed by atoms with Crippen molar-refractivity contribution in [2.24, 2.45) is 5.92 Å². The fraction of sp³-hybridized carbons (Fsp3) is 0.444. The Hall–Kier alpha value is -2.18. The van der Waals surface area contributed by atoms with Crippen molar-refractivity contribution in [2.45, 2.75) is 19.1 Å². The van der Waals surface area contributed by atoms with Gasteiger partial charge in [0.25, 0.3) is 0 Å². The monoisotopic (exact) mass is 329 g/mol. The SMILES string of the molecule is CN(C)C(=O)C[C@@H]1CN(Cc2cc(=O)[nH]c3ccccc23)C[C@H]1O. The Balaban J connectivity index is 1.76. The minimum absolute atomic E-state index is 0.0301. The Bertz CT molecular complexity index is 799. The number of benzene rings is 1. The average molecular weight is 329 g/mol. The summed E-state index contributed by atoms with van der Waals surface area (Å²) < 4.78 is 0. The Morgan fingerprint density at radius 1 is 1.33 bits per heavy atom. The number of carbonyl (C=O) groups is 1. The van der Waals surface area contributed by atoms with Crippen LogP contribution >= 0.6 is 0 Å². The Morgan fingerprint density at radius 3 is 2.83 bits per heavy atom. The van der Waals surface area contributed by atoms with Crippen LogP contribution < -0.4 is 5.56 Å². The van der Waals surface area contributed by atoms with Gasteiger partial charge in [0.2, 0.25) is 11.5 Å². The lowest BCUT2D eigenvalue weighted by molar-refractivity contribution is -0.130. The summed E-state index contributed by atoms with van der Waals surface area (Å²) in [4.78, 5) is 30.2. The second-order valence-corrected chi connectivity index (χ2v) is 6.72. The van der Waals surface area contributed by atoms with E-state index >= 15 is 0 Å². The Morgan fingerprint density at radius 2 is 2.08 bits per heavy atom. The maximum Gasteiger partial charge on any atom is 0.248 e. The normalized spacial score (nSPS) is 21.3. The number of para-hydroxylation sites is 1. The molecule has 1 fully saturated rings. The zero-order valence-corrected chi connectivity index (χ0v) is 14.0. The first-order valence-electron chi connectivity index (χ1n) is 8.15. The minimum Gasteiger partial charge on any atom is -0.391 e. The highest BCUT2D eigenvalue weighted by Gasteiger charge is 2.33. The van der Waals surface area contributed by atoms with E-state index < -0.39 is 6.10 Å². The molecule has 3 rings (SSSR count). The number of aromatic amines is 1. The first-order valence-corrected chi connectivity index (χ1v) is 8.15. The number of carbonyl (C=O) groups excluding carboxylic acids is 1. The molecule has 1 saturated heterocycles. The number of aliphatic hydroxyl groups excluding tert-OH is 1. The third-order valence-electron chi connectivity index (χ3n) is 4.65. The second-order valence-electron chi connectivity index (χ2n) is 6.72. The van der Waals surface area contributed by atoms with Gasteiger partial charge in [-0.3, -0.25) is 14.5 Å². The quantitative estimate of drug-likeness (QED) is 0.870. The van der Waals surface area contributed by atoms with Crippen molar-refractivity contribution in [1.29, 1.82) is 0 Å². The Kier molecular flexibility index (Phi) is 4.69. The van der Waals surface area contributed by atoms with Gasteiger partial charge in [-0.1, -0.05) is 18.2 Å². The minimum atomic E-state index is -0.512. The molecule has 0 spiro atoms. The number of H-pyrrole nitrogens is 1. The van der Waals surface area contributed by atoms with Crippen LogP contribution in [0.1, 0.15) is 12.0 Å². The molecule has 0 aliphatic carbocycles. The van der Waals surface area contributed by atoms with E-state index in [0.717, 1.165) is 16.5 Å². The molecule has 2 heterocycles. The highest BCUT2D eigenvalue weighted by Crippen LogP contribution is 2.24. The number of nitrogens with zero attached hydrogens (tertiary/aromatic N) is 2. The summed E-state index contributed by atoms with van der Waals surface area (Å²) in [6.07, 6.45) is -0.164. The fourth-order valence-electron chi connectivity index (χ4n) is 3.33. The number of likely N-dealkylation sites (tertiary alicyclic amines) is 1. The maximum absolute atomic E-state index is 11.9. The van der Waals surface area contributed by atoms with Crippen LogP contribution in [0.25, 0.3) is 10.9 Å². The zero-order valence-electron chi connectivity index (χ0n) is 14.0. The molecule has 1 aliphatic rings. The van der Waals surface area contributed by atoms with Gasteiger partial charge in [0.1, 0.15) is 0 Å². The van der Waals surface area contributed by atoms with Crippen molar-refractivity contribution in [3.63, 3.8) is 0 Å². The molecule has 0 saturated carbocycles. The topological polar surface area (TPSA) is 76.6 Å². The first kappa shape index (κ1) is 16.7. The number of rotatable bonds is 4. The third kappa shape index (κ3) is 3.49. The molecule has 0 radical (unpaired) electrons. The lowest BCUT2D eigenvalue weighted by atomic mass is 10.0. The van der Waals surface area contributed by atoms with Crippen LogP contribution in [0.3, 0.4) is 0 Å². The van der Waals surface area contributed by atoms with Gasteiger partial charge in [0.05, 0.1) is 6.10 Å². The molecule has 2 N–H and O–H groups in total. The molecule has 0 unspecified atom stereocenters. The van der Waals surface area contributed by atoms with Crippen LogP contribution in [0, 0.1) is 5.92 Å². The lowest BCUT2D eigenvalue weighted by Crippen LogP contribution is -2.28. The van der Waals surface area contributed by atoms with Crippen molar-refractivity contribution >= 4 is 16.8 Å². The second kappa shape index (κ2) is 6.75. The number of hydrogen-bond donors (Lipinski definition) is 2. The summed E-state index contributed by atoms with van der Waals surface area (Å²) in [7, 11) is 3.45. The summed E-state index contributed by atoms with van der Waals surface area (Å²) in [5, 5.41) is 11.3. The number of hydrogen-bond acceptors (Lipinski definition) is 4. The molecule has 1 aromatic carbocycles. The zero-order chi connectivity index (χ0) is 17.3. The molecule has 1 aromatic heterocycles. The number of fused-ring (bicyclic) bond motifs is 1. The van der Waals surface area contributed by atoms with E-state index in [1.165, 1.54) is 0 Å². The highest BCUT2D eigenvalue weighted by molar-refractivity contribution is 5.81. The molecule has 24 heavy (non-hydrogen) atoms. The molecule has 1 aliphatic heterocycles. The van der Waals surface area contributed by atoms with Gasteiger partial charge in [0, 0.05) is 63.0 Å². The molecule has 1 amide bonds. The number of aromatic nitrogens is 1. The van der Waals surface area contributed by atoms with Crippen molar-refractivity contribution in [3.8, 4) is 0 Å². The summed E-state index contributed by atoms with van der Waals surface area (Å²) in [5.41, 5.74) is 1.64. The summed E-state index contributed by atoms with van der Waals surface area (Å²) in [6, 6.07) is 9.33. The third-order valence-corrected chi connectivity index (χ3v) is 4.65. The lowest BCUT2D eigenvalue weighted by Gasteiger charge is -2.18. The number of amides is 1. The highest BCUT2D eigenvalue weighted by atomic mass is 16.3. The van der Waals surface area contributed by atoms with Crippen LogP contribution in [0.15, 0.2) is 35.1 Å². The number of aliphatic hydroxyl groups is 1. The molecule has 2 atom stereocenters. The molecule has 0 bridgehead atoms. The van der Waals surface area contributed by atoms with Crippen LogP contribution in [0.2, 0.25) is 0 Å². The number of nitrogens with one attached hydrogen (secondary N) is 1. The summed E-state index contributed by atoms with van der Waals surface area (Å²) in [5.74, 6) is -0.0318. The van der Waals surface area contributed by atoms with E-state index in [0.29, 0.717) is 26.1 Å². The fourth-order valence-corrected chi connectivity index (χ4v) is 3.33. The van der Waals surface area contributed by atoms with E-state index in [1.807, 2.05) is 24.3 Å². The smallest absolute Gasteiger partial charge is 0.248 e. The molecule has 2 aromatic rings. The van der Waals surface area contributed by atoms with Gasteiger partial charge < -0.3 is 15.0 Å². The van der Waals surface area contributed by atoms with Gasteiger partial charge in [-0.2, -0.15) is 0 Å². The van der Waals surface area contributed by atoms with Crippen LogP contribution in [-0.2, 0) is 11.3 Å². The predicted octanol–water partition coefficient (Wildman–Crippen LogP) is 0.799. The van der Waals surface area contributed by atoms with Crippen molar-refractivity contribution < 1.29 is 9.90 Å². The summed E-state index contributed by atoms with van der Waals surface area (Å²) in [6.45, 7) is 1.77. The van der Waals surface area contributed by atoms with E-state index in [1.54, 1.807) is 25.1 Å². The molecule has 6 heteroatoms. The first-order chi connectivity index (χ1) is 11.4. The van der Waals surface area contributed by atoms with Crippen LogP contribution in [-0.4, -0.2) is 59.1 Å². The average Bonchev–Trinajstić information content (AvgIpc) is 2.86. The maximum atomic E-state index is 11.9. The van der Waals surface area contributed by atoms with E-state index in [4.69, 9.17) is 0 Å². The number of β-amino-alcohol motifs (C(OH)–C–C–N with tert-alkyl or cyclic N) is 1. The largest absolute Gasteiger partial charge is 0.391 e. The van der Waals surface area contributed by atoms with E-state index in [9.17, 15) is 14.7 Å². The number of pyridine rings is 1. The Labute approximate surface area is 140 Å². The van der Waals surface area contributed by atoms with E-state index in [-0.39, 0.29) is 17.4 Å². The van der Waals surface area contributed by atoms with Gasteiger partial charge >= 0.3 is 0 Å². The van der Waals surface area contributed by atoms with Crippen LogP contribution in [0.5, 0.6) is 0 Å². The molecule has 128 valence electrons. The molecule has 6 nitrogen and oxygen atoms in total. The van der Waals surface area contributed by atoms with Crippen molar-refractivity contribution in [2.75, 3.05) is 27.2 Å². The van der Waals surface area contributed by atoms with Gasteiger partial charge in [0.15, 0.2) is 0 Å². The predicted molar refractivity (Wildman–Crippen MR) is 92.7 cm³/mol. The molecular weight excluding hydrogens is 306 g/mol. The van der Waals surface area contributed by atoms with Crippen LogP contribution in [0.4, 0.5) is 0 Å². The van der Waals surface area contributed by atoms with Gasteiger partial charge in [-0.15, -0.1) is 0 Å². The molecular formula is C18H23N3O3.